The molecular formula is C24H25N3O5. The number of nitrogens with one attached hydrogen (secondary N) is 1. The van der Waals surface area contributed by atoms with Crippen molar-refractivity contribution in [3.63, 3.8) is 0 Å². The predicted molar refractivity (Wildman–Crippen MR) is 120 cm³/mol. The van der Waals surface area contributed by atoms with Gasteiger partial charge in [-0.15, -0.1) is 0 Å². The van der Waals surface area contributed by atoms with Gasteiger partial charge in [-0.05, 0) is 50.1 Å². The summed E-state index contributed by atoms with van der Waals surface area (Å²) < 4.78 is 11.6. The topological polar surface area (TPSA) is 99.5 Å². The number of hydrogen-bond acceptors (Lipinski definition) is 6. The monoisotopic (exact) mass is 435 g/mol. The van der Waals surface area contributed by atoms with Crippen molar-refractivity contribution in [2.24, 2.45) is 0 Å². The van der Waals surface area contributed by atoms with Crippen molar-refractivity contribution in [3.05, 3.63) is 81.8 Å². The van der Waals surface area contributed by atoms with E-state index in [9.17, 15) is 14.4 Å². The van der Waals surface area contributed by atoms with E-state index in [0.29, 0.717) is 18.0 Å². The maximum Gasteiger partial charge on any atom is 0.360 e. The molecule has 8 heteroatoms. The highest BCUT2D eigenvalue weighted by Crippen LogP contribution is 2.17. The van der Waals surface area contributed by atoms with Gasteiger partial charge in [0.15, 0.2) is 5.69 Å². The zero-order valence-corrected chi connectivity index (χ0v) is 18.3. The summed E-state index contributed by atoms with van der Waals surface area (Å²) in [5.41, 5.74) is 1.48. The molecule has 3 rings (SSSR count). The quantitative estimate of drug-likeness (QED) is 0.545. The number of ether oxygens (including phenoxy) is 2. The SMILES string of the molecule is CCOC(=O)c1nn(-c2ccccc2C)c(=O)cc1NC(=O)Cc1ccc(OCC)cc1. The average molecular weight is 435 g/mol. The van der Waals surface area contributed by atoms with Crippen molar-refractivity contribution in [3.8, 4) is 11.4 Å². The van der Waals surface area contributed by atoms with Crippen molar-refractivity contribution in [1.82, 2.24) is 9.78 Å². The fraction of sp³-hybridized carbons (Fsp3) is 0.250. The first-order chi connectivity index (χ1) is 15.4. The Balaban J connectivity index is 1.90. The highest BCUT2D eigenvalue weighted by molar-refractivity contribution is 6.00. The molecule has 0 aliphatic carbocycles. The van der Waals surface area contributed by atoms with Crippen LogP contribution in [0.25, 0.3) is 5.69 Å². The molecule has 0 spiro atoms. The van der Waals surface area contributed by atoms with Crippen LogP contribution in [-0.4, -0.2) is 34.9 Å². The minimum absolute atomic E-state index is 0.00854. The molecule has 0 radical (unpaired) electrons. The lowest BCUT2D eigenvalue weighted by Crippen LogP contribution is -2.28. The zero-order chi connectivity index (χ0) is 23.1. The van der Waals surface area contributed by atoms with Gasteiger partial charge < -0.3 is 14.8 Å². The Labute approximate surface area is 185 Å². The molecule has 3 aromatic rings. The van der Waals surface area contributed by atoms with Gasteiger partial charge in [0, 0.05) is 6.07 Å². The first kappa shape index (κ1) is 22.7. The van der Waals surface area contributed by atoms with Crippen LogP contribution in [0.4, 0.5) is 5.69 Å². The van der Waals surface area contributed by atoms with E-state index in [0.717, 1.165) is 15.8 Å². The lowest BCUT2D eigenvalue weighted by Gasteiger charge is -2.13. The maximum absolute atomic E-state index is 12.7. The van der Waals surface area contributed by atoms with Crippen molar-refractivity contribution in [1.29, 1.82) is 0 Å². The standard InChI is InChI=1S/C24H25N3O5/c1-4-31-18-12-10-17(11-13-18)14-21(28)25-19-15-22(29)27(20-9-7-6-8-16(20)3)26-23(19)24(30)32-5-2/h6-13,15H,4-5,14H2,1-3H3,(H,25,28). The third-order valence-corrected chi connectivity index (χ3v) is 4.62. The van der Waals surface area contributed by atoms with Crippen molar-refractivity contribution in [2.45, 2.75) is 27.2 Å². The summed E-state index contributed by atoms with van der Waals surface area (Å²) in [6, 6.07) is 15.5. The third-order valence-electron chi connectivity index (χ3n) is 4.62. The number of para-hydroxylation sites is 1. The first-order valence-electron chi connectivity index (χ1n) is 10.3. The van der Waals surface area contributed by atoms with Gasteiger partial charge >= 0.3 is 5.97 Å². The predicted octanol–water partition coefficient (Wildman–Crippen LogP) is 3.30. The Morgan fingerprint density at radius 1 is 1.03 bits per heavy atom. The van der Waals surface area contributed by atoms with Crippen LogP contribution in [0, 0.1) is 6.92 Å². The summed E-state index contributed by atoms with van der Waals surface area (Å²) in [6.45, 7) is 6.07. The number of aromatic nitrogens is 2. The molecular weight excluding hydrogens is 410 g/mol. The van der Waals surface area contributed by atoms with E-state index < -0.39 is 17.4 Å². The molecule has 1 amide bonds. The smallest absolute Gasteiger partial charge is 0.360 e. The Bertz CT molecular complexity index is 1170. The Morgan fingerprint density at radius 3 is 2.41 bits per heavy atom. The Kier molecular flexibility index (Phi) is 7.38. The molecule has 32 heavy (non-hydrogen) atoms. The second-order valence-corrected chi connectivity index (χ2v) is 6.97. The van der Waals surface area contributed by atoms with E-state index in [1.807, 2.05) is 26.0 Å². The maximum atomic E-state index is 12.7. The molecule has 8 nitrogen and oxygen atoms in total. The van der Waals surface area contributed by atoms with Crippen molar-refractivity contribution < 1.29 is 19.1 Å². The van der Waals surface area contributed by atoms with E-state index in [2.05, 4.69) is 10.4 Å². The van der Waals surface area contributed by atoms with Crippen molar-refractivity contribution in [2.75, 3.05) is 18.5 Å². The number of carbonyl (C=O) groups excluding carboxylic acids is 2. The second-order valence-electron chi connectivity index (χ2n) is 6.97. The summed E-state index contributed by atoms with van der Waals surface area (Å²) >= 11 is 0. The van der Waals surface area contributed by atoms with E-state index in [4.69, 9.17) is 9.47 Å². The number of rotatable bonds is 8. The van der Waals surface area contributed by atoms with Crippen LogP contribution in [0.5, 0.6) is 5.75 Å². The third kappa shape index (κ3) is 5.40. The number of carbonyl (C=O) groups is 2. The highest BCUT2D eigenvalue weighted by atomic mass is 16.5. The van der Waals surface area contributed by atoms with E-state index in [1.165, 1.54) is 6.07 Å². The molecule has 0 atom stereocenters. The van der Waals surface area contributed by atoms with E-state index in [1.54, 1.807) is 43.3 Å². The van der Waals surface area contributed by atoms with Gasteiger partial charge in [0.1, 0.15) is 5.75 Å². The number of benzene rings is 2. The van der Waals surface area contributed by atoms with Gasteiger partial charge in [-0.3, -0.25) is 9.59 Å². The summed E-state index contributed by atoms with van der Waals surface area (Å²) in [6.07, 6.45) is 0.0511. The van der Waals surface area contributed by atoms with Crippen LogP contribution >= 0.6 is 0 Å². The van der Waals surface area contributed by atoms with Gasteiger partial charge in [0.2, 0.25) is 5.91 Å². The van der Waals surface area contributed by atoms with Gasteiger partial charge in [-0.2, -0.15) is 9.78 Å². The minimum atomic E-state index is -0.730. The number of esters is 1. The molecule has 0 saturated heterocycles. The lowest BCUT2D eigenvalue weighted by molar-refractivity contribution is -0.115. The number of nitrogens with zero attached hydrogens (tertiary/aromatic N) is 2. The van der Waals surface area contributed by atoms with Gasteiger partial charge in [0.25, 0.3) is 5.56 Å². The van der Waals surface area contributed by atoms with Crippen LogP contribution < -0.4 is 15.6 Å². The molecule has 0 unspecified atom stereocenters. The molecule has 0 fully saturated rings. The van der Waals surface area contributed by atoms with Crippen LogP contribution in [0.3, 0.4) is 0 Å². The van der Waals surface area contributed by atoms with Crippen LogP contribution in [0.1, 0.15) is 35.5 Å². The molecule has 0 saturated carbocycles. The molecule has 1 N–H and O–H groups in total. The van der Waals surface area contributed by atoms with Crippen molar-refractivity contribution >= 4 is 17.6 Å². The van der Waals surface area contributed by atoms with Crippen LogP contribution in [-0.2, 0) is 16.0 Å². The number of anilines is 1. The Morgan fingerprint density at radius 2 is 1.75 bits per heavy atom. The molecule has 1 aromatic heterocycles. The fourth-order valence-corrected chi connectivity index (χ4v) is 3.13. The molecule has 0 aliphatic heterocycles. The molecule has 166 valence electrons. The van der Waals surface area contributed by atoms with E-state index >= 15 is 0 Å². The summed E-state index contributed by atoms with van der Waals surface area (Å²) in [7, 11) is 0. The average Bonchev–Trinajstić information content (AvgIpc) is 2.76. The number of hydrogen-bond donors (Lipinski definition) is 1. The van der Waals surface area contributed by atoms with Crippen LogP contribution in [0.15, 0.2) is 59.4 Å². The molecule has 0 aliphatic rings. The Hall–Kier alpha value is -3.94. The summed E-state index contributed by atoms with van der Waals surface area (Å²) in [4.78, 5) is 37.9. The van der Waals surface area contributed by atoms with Gasteiger partial charge in [-0.25, -0.2) is 4.79 Å². The number of amides is 1. The summed E-state index contributed by atoms with van der Waals surface area (Å²) in [5, 5.41) is 6.84. The van der Waals surface area contributed by atoms with Crippen LogP contribution in [0.2, 0.25) is 0 Å². The molecule has 0 bridgehead atoms. The molecule has 2 aromatic carbocycles. The lowest BCUT2D eigenvalue weighted by atomic mass is 10.1. The van der Waals surface area contributed by atoms with E-state index in [-0.39, 0.29) is 24.4 Å². The normalized spacial score (nSPS) is 10.5. The summed E-state index contributed by atoms with van der Waals surface area (Å²) in [5.74, 6) is -0.411. The minimum Gasteiger partial charge on any atom is -0.494 e. The van der Waals surface area contributed by atoms with Gasteiger partial charge in [0.05, 0.1) is 31.0 Å². The van der Waals surface area contributed by atoms with Gasteiger partial charge in [-0.1, -0.05) is 30.3 Å². The molecule has 1 heterocycles. The first-order valence-corrected chi connectivity index (χ1v) is 10.3. The zero-order valence-electron chi connectivity index (χ0n) is 18.3. The fourth-order valence-electron chi connectivity index (χ4n) is 3.13. The largest absolute Gasteiger partial charge is 0.494 e. The number of aryl methyl sites for hydroxylation is 1. The highest BCUT2D eigenvalue weighted by Gasteiger charge is 2.20. The second kappa shape index (κ2) is 10.4.